The Morgan fingerprint density at radius 2 is 1.58 bits per heavy atom. The smallest absolute Gasteiger partial charge is 0.161 e. The van der Waals surface area contributed by atoms with Crippen molar-refractivity contribution in [1.29, 1.82) is 0 Å². The van der Waals surface area contributed by atoms with Gasteiger partial charge >= 0.3 is 0 Å². The van der Waals surface area contributed by atoms with Crippen molar-refractivity contribution in [3.05, 3.63) is 68.4 Å². The molecule has 2 aromatic carbocycles. The van der Waals surface area contributed by atoms with E-state index in [9.17, 15) is 13.2 Å². The van der Waals surface area contributed by atoms with Crippen LogP contribution in [0.3, 0.4) is 0 Å². The van der Waals surface area contributed by atoms with Crippen molar-refractivity contribution >= 4 is 27.5 Å². The molecule has 0 fully saturated rings. The molecule has 0 aromatic heterocycles. The second-order valence-corrected chi connectivity index (χ2v) is 5.22. The standard InChI is InChI=1S/C13H8BrClF3N/c14-9-3-6(15)1-2-7(9)13(19)8-4-11(17)12(18)5-10(8)16/h1-5,13H,19H2. The van der Waals surface area contributed by atoms with E-state index in [0.717, 1.165) is 6.07 Å². The molecular weight excluding hydrogens is 343 g/mol. The molecule has 0 bridgehead atoms. The van der Waals surface area contributed by atoms with Gasteiger partial charge in [0.15, 0.2) is 11.6 Å². The van der Waals surface area contributed by atoms with Gasteiger partial charge in [0.2, 0.25) is 0 Å². The molecule has 0 heterocycles. The molecule has 1 unspecified atom stereocenters. The maximum atomic E-state index is 13.6. The number of halogens is 5. The first kappa shape index (κ1) is 14.4. The lowest BCUT2D eigenvalue weighted by Gasteiger charge is -2.15. The summed E-state index contributed by atoms with van der Waals surface area (Å²) in [6.07, 6.45) is 0. The van der Waals surface area contributed by atoms with Crippen molar-refractivity contribution in [1.82, 2.24) is 0 Å². The summed E-state index contributed by atoms with van der Waals surface area (Å²) in [4.78, 5) is 0. The Labute approximate surface area is 121 Å². The lowest BCUT2D eigenvalue weighted by Crippen LogP contribution is -2.15. The van der Waals surface area contributed by atoms with Gasteiger partial charge in [0.05, 0.1) is 6.04 Å². The molecule has 0 radical (unpaired) electrons. The average molecular weight is 351 g/mol. The van der Waals surface area contributed by atoms with E-state index in [-0.39, 0.29) is 5.56 Å². The Bertz CT molecular complexity index is 634. The van der Waals surface area contributed by atoms with Gasteiger partial charge in [-0.05, 0) is 23.8 Å². The van der Waals surface area contributed by atoms with Crippen molar-refractivity contribution in [2.75, 3.05) is 0 Å². The van der Waals surface area contributed by atoms with Crippen LogP contribution in [0, 0.1) is 17.5 Å². The fraction of sp³-hybridized carbons (Fsp3) is 0.0769. The Kier molecular flexibility index (Phi) is 4.18. The molecule has 0 spiro atoms. The molecule has 6 heteroatoms. The summed E-state index contributed by atoms with van der Waals surface area (Å²) in [5.41, 5.74) is 6.28. The molecule has 2 N–H and O–H groups in total. The quantitative estimate of drug-likeness (QED) is 0.789. The van der Waals surface area contributed by atoms with Gasteiger partial charge in [-0.25, -0.2) is 13.2 Å². The van der Waals surface area contributed by atoms with Gasteiger partial charge in [0.25, 0.3) is 0 Å². The second-order valence-electron chi connectivity index (χ2n) is 3.93. The van der Waals surface area contributed by atoms with Gasteiger partial charge in [0.1, 0.15) is 5.82 Å². The molecule has 0 amide bonds. The number of rotatable bonds is 2. The predicted molar refractivity (Wildman–Crippen MR) is 71.5 cm³/mol. The summed E-state index contributed by atoms with van der Waals surface area (Å²) in [5.74, 6) is -3.28. The number of benzene rings is 2. The van der Waals surface area contributed by atoms with Crippen molar-refractivity contribution < 1.29 is 13.2 Å². The third-order valence-electron chi connectivity index (χ3n) is 2.67. The highest BCUT2D eigenvalue weighted by molar-refractivity contribution is 9.10. The van der Waals surface area contributed by atoms with Gasteiger partial charge in [-0.2, -0.15) is 0 Å². The summed E-state index contributed by atoms with van der Waals surface area (Å²) < 4.78 is 40.3. The molecule has 0 saturated heterocycles. The van der Waals surface area contributed by atoms with Gasteiger partial charge in [-0.3, -0.25) is 0 Å². The van der Waals surface area contributed by atoms with Crippen LogP contribution >= 0.6 is 27.5 Å². The first-order valence-electron chi connectivity index (χ1n) is 5.25. The third kappa shape index (κ3) is 2.94. The van der Waals surface area contributed by atoms with E-state index < -0.39 is 23.5 Å². The highest BCUT2D eigenvalue weighted by atomic mass is 79.9. The molecule has 19 heavy (non-hydrogen) atoms. The SMILES string of the molecule is NC(c1cc(F)c(F)cc1F)c1ccc(Cl)cc1Br. The monoisotopic (exact) mass is 349 g/mol. The Hall–Kier alpha value is -1.04. The molecule has 1 atom stereocenters. The molecular formula is C13H8BrClF3N. The van der Waals surface area contributed by atoms with E-state index in [2.05, 4.69) is 15.9 Å². The zero-order valence-corrected chi connectivity index (χ0v) is 11.8. The van der Waals surface area contributed by atoms with Gasteiger partial charge in [-0.15, -0.1) is 0 Å². The largest absolute Gasteiger partial charge is 0.320 e. The van der Waals surface area contributed by atoms with Crippen LogP contribution in [0.15, 0.2) is 34.8 Å². The van der Waals surface area contributed by atoms with Crippen LogP contribution in [0.5, 0.6) is 0 Å². The van der Waals surface area contributed by atoms with E-state index in [4.69, 9.17) is 17.3 Å². The maximum Gasteiger partial charge on any atom is 0.161 e. The fourth-order valence-corrected chi connectivity index (χ4v) is 2.63. The molecule has 0 aliphatic rings. The minimum atomic E-state index is -1.25. The lowest BCUT2D eigenvalue weighted by molar-refractivity contribution is 0.487. The Morgan fingerprint density at radius 3 is 2.21 bits per heavy atom. The highest BCUT2D eigenvalue weighted by Gasteiger charge is 2.19. The van der Waals surface area contributed by atoms with Crippen LogP contribution in [0.1, 0.15) is 17.2 Å². The molecule has 0 saturated carbocycles. The molecule has 0 aliphatic carbocycles. The number of nitrogens with two attached hydrogens (primary N) is 1. The normalized spacial score (nSPS) is 12.5. The van der Waals surface area contributed by atoms with Crippen LogP contribution in [0.25, 0.3) is 0 Å². The first-order chi connectivity index (χ1) is 8.90. The van der Waals surface area contributed by atoms with Crippen LogP contribution in [0.2, 0.25) is 5.02 Å². The lowest BCUT2D eigenvalue weighted by atomic mass is 9.99. The van der Waals surface area contributed by atoms with E-state index >= 15 is 0 Å². The van der Waals surface area contributed by atoms with E-state index in [1.165, 1.54) is 0 Å². The van der Waals surface area contributed by atoms with E-state index in [1.54, 1.807) is 18.2 Å². The van der Waals surface area contributed by atoms with E-state index in [0.29, 0.717) is 21.1 Å². The van der Waals surface area contributed by atoms with Crippen molar-refractivity contribution in [3.63, 3.8) is 0 Å². The van der Waals surface area contributed by atoms with Crippen LogP contribution in [0.4, 0.5) is 13.2 Å². The number of hydrogen-bond donors (Lipinski definition) is 1. The van der Waals surface area contributed by atoms with Crippen LogP contribution < -0.4 is 5.73 Å². The van der Waals surface area contributed by atoms with E-state index in [1.807, 2.05) is 0 Å². The summed E-state index contributed by atoms with van der Waals surface area (Å²) >= 11 is 9.04. The molecule has 0 aliphatic heterocycles. The van der Waals surface area contributed by atoms with Crippen molar-refractivity contribution in [3.8, 4) is 0 Å². The summed E-state index contributed by atoms with van der Waals surface area (Å²) in [6, 6.07) is 5.08. The Morgan fingerprint density at radius 1 is 0.947 bits per heavy atom. The van der Waals surface area contributed by atoms with Gasteiger partial charge < -0.3 is 5.73 Å². The Balaban J connectivity index is 2.49. The van der Waals surface area contributed by atoms with Crippen molar-refractivity contribution in [2.24, 2.45) is 5.73 Å². The zero-order chi connectivity index (χ0) is 14.2. The summed E-state index contributed by atoms with van der Waals surface area (Å²) in [5, 5.41) is 0.480. The molecule has 1 nitrogen and oxygen atoms in total. The predicted octanol–water partition coefficient (Wildman–Crippen LogP) is 4.57. The fourth-order valence-electron chi connectivity index (χ4n) is 1.70. The summed E-state index contributed by atoms with van der Waals surface area (Å²) in [6.45, 7) is 0. The topological polar surface area (TPSA) is 26.0 Å². The minimum absolute atomic E-state index is 0.123. The van der Waals surface area contributed by atoms with Crippen LogP contribution in [-0.2, 0) is 0 Å². The van der Waals surface area contributed by atoms with Gasteiger partial charge in [0, 0.05) is 21.1 Å². The zero-order valence-electron chi connectivity index (χ0n) is 9.43. The average Bonchev–Trinajstić information content (AvgIpc) is 2.33. The summed E-state index contributed by atoms with van der Waals surface area (Å²) in [7, 11) is 0. The van der Waals surface area contributed by atoms with Crippen molar-refractivity contribution in [2.45, 2.75) is 6.04 Å². The molecule has 2 rings (SSSR count). The molecule has 2 aromatic rings. The maximum absolute atomic E-state index is 13.6. The third-order valence-corrected chi connectivity index (χ3v) is 3.59. The molecule has 100 valence electrons. The first-order valence-corrected chi connectivity index (χ1v) is 6.42. The minimum Gasteiger partial charge on any atom is -0.320 e. The van der Waals surface area contributed by atoms with Crippen LogP contribution in [-0.4, -0.2) is 0 Å². The van der Waals surface area contributed by atoms with Gasteiger partial charge in [-0.1, -0.05) is 33.6 Å². The number of hydrogen-bond acceptors (Lipinski definition) is 1. The highest BCUT2D eigenvalue weighted by Crippen LogP contribution is 2.31. The second kappa shape index (κ2) is 5.53.